The van der Waals surface area contributed by atoms with Crippen molar-refractivity contribution in [2.45, 2.75) is 24.2 Å². The van der Waals surface area contributed by atoms with E-state index in [4.69, 9.17) is 16.7 Å². The molecule has 24 heavy (non-hydrogen) atoms. The first-order chi connectivity index (χ1) is 10.9. The van der Waals surface area contributed by atoms with Gasteiger partial charge in [0.2, 0.25) is 10.0 Å². The minimum atomic E-state index is -3.50. The molecule has 2 rings (SSSR count). The third kappa shape index (κ3) is 5.89. The quantitative estimate of drug-likeness (QED) is 0.715. The fraction of sp³-hybridized carbons (Fsp3) is 0.533. The molecule has 0 unspecified atom stereocenters. The minimum Gasteiger partial charge on any atom is -0.481 e. The lowest BCUT2D eigenvalue weighted by molar-refractivity contribution is -0.137. The molecule has 1 fully saturated rings. The number of rotatable bonds is 7. The van der Waals surface area contributed by atoms with Crippen molar-refractivity contribution in [3.63, 3.8) is 0 Å². The summed E-state index contributed by atoms with van der Waals surface area (Å²) >= 11 is 5.87. The van der Waals surface area contributed by atoms with Crippen LogP contribution >= 0.6 is 24.0 Å². The van der Waals surface area contributed by atoms with Gasteiger partial charge in [-0.15, -0.1) is 12.4 Å². The summed E-state index contributed by atoms with van der Waals surface area (Å²) in [7, 11) is -3.50. The zero-order valence-corrected chi connectivity index (χ0v) is 15.6. The van der Waals surface area contributed by atoms with Crippen molar-refractivity contribution in [1.82, 2.24) is 9.21 Å². The summed E-state index contributed by atoms with van der Waals surface area (Å²) in [6, 6.07) is 6.30. The normalized spacial score (nSPS) is 16.5. The van der Waals surface area contributed by atoms with Gasteiger partial charge >= 0.3 is 5.97 Å². The van der Waals surface area contributed by atoms with Gasteiger partial charge in [0.25, 0.3) is 0 Å². The predicted octanol–water partition coefficient (Wildman–Crippen LogP) is 2.32. The van der Waals surface area contributed by atoms with E-state index in [0.717, 1.165) is 13.0 Å². The van der Waals surface area contributed by atoms with E-state index in [1.807, 2.05) is 0 Å². The highest BCUT2D eigenvalue weighted by Crippen LogP contribution is 2.20. The summed E-state index contributed by atoms with van der Waals surface area (Å²) in [5.74, 6) is -0.776. The van der Waals surface area contributed by atoms with Crippen LogP contribution in [0.3, 0.4) is 0 Å². The average Bonchev–Trinajstić information content (AvgIpc) is 2.52. The molecule has 9 heteroatoms. The molecule has 1 N–H and O–H groups in total. The summed E-state index contributed by atoms with van der Waals surface area (Å²) in [5, 5.41) is 9.01. The maximum Gasteiger partial charge on any atom is 0.303 e. The number of aliphatic carboxylic acids is 1. The van der Waals surface area contributed by atoms with Crippen molar-refractivity contribution in [3.05, 3.63) is 29.3 Å². The van der Waals surface area contributed by atoms with Gasteiger partial charge in [-0.3, -0.25) is 4.79 Å². The van der Waals surface area contributed by atoms with Crippen molar-refractivity contribution >= 4 is 40.0 Å². The highest BCUT2D eigenvalue weighted by Gasteiger charge is 2.28. The molecule has 0 amide bonds. The van der Waals surface area contributed by atoms with Crippen LogP contribution in [0.25, 0.3) is 0 Å². The smallest absolute Gasteiger partial charge is 0.303 e. The summed E-state index contributed by atoms with van der Waals surface area (Å²) in [6.45, 7) is 3.00. The van der Waals surface area contributed by atoms with Gasteiger partial charge in [-0.1, -0.05) is 17.7 Å². The van der Waals surface area contributed by atoms with E-state index in [2.05, 4.69) is 4.90 Å². The number of nitrogens with zero attached hydrogens (tertiary/aromatic N) is 2. The fourth-order valence-corrected chi connectivity index (χ4v) is 4.31. The molecular formula is C15H22Cl2N2O4S. The van der Waals surface area contributed by atoms with Gasteiger partial charge in [0.1, 0.15) is 0 Å². The Balaban J connectivity index is 0.00000288. The summed E-state index contributed by atoms with van der Waals surface area (Å²) < 4.78 is 26.6. The van der Waals surface area contributed by atoms with E-state index in [-0.39, 0.29) is 23.7 Å². The lowest BCUT2D eigenvalue weighted by Gasteiger charge is -2.34. The lowest BCUT2D eigenvalue weighted by Crippen LogP contribution is -2.48. The highest BCUT2D eigenvalue weighted by molar-refractivity contribution is 7.89. The number of carboxylic acid groups (broad SMARTS) is 1. The molecule has 1 aliphatic heterocycles. The summed E-state index contributed by atoms with van der Waals surface area (Å²) in [6.07, 6.45) is 1.65. The number of hydrogen-bond donors (Lipinski definition) is 1. The highest BCUT2D eigenvalue weighted by atomic mass is 35.5. The minimum absolute atomic E-state index is 0. The Bertz CT molecular complexity index is 647. The molecule has 1 saturated heterocycles. The van der Waals surface area contributed by atoms with Crippen LogP contribution in [0.4, 0.5) is 0 Å². The average molecular weight is 397 g/mol. The monoisotopic (exact) mass is 396 g/mol. The van der Waals surface area contributed by atoms with E-state index < -0.39 is 16.0 Å². The largest absolute Gasteiger partial charge is 0.481 e. The number of carbonyl (C=O) groups is 1. The van der Waals surface area contributed by atoms with Crippen LogP contribution in [-0.4, -0.2) is 61.4 Å². The van der Waals surface area contributed by atoms with Crippen molar-refractivity contribution in [1.29, 1.82) is 0 Å². The van der Waals surface area contributed by atoms with Crippen LogP contribution in [-0.2, 0) is 14.8 Å². The lowest BCUT2D eigenvalue weighted by atomic mass is 10.2. The molecule has 0 radical (unpaired) electrons. The van der Waals surface area contributed by atoms with Crippen LogP contribution < -0.4 is 0 Å². The SMILES string of the molecule is Cl.O=C(O)CCCCN1CCN(S(=O)(=O)c2cccc(Cl)c2)CC1. The Morgan fingerprint density at radius 1 is 1.17 bits per heavy atom. The van der Waals surface area contributed by atoms with Crippen molar-refractivity contribution < 1.29 is 18.3 Å². The molecule has 6 nitrogen and oxygen atoms in total. The van der Waals surface area contributed by atoms with Crippen LogP contribution in [0.2, 0.25) is 5.02 Å². The van der Waals surface area contributed by atoms with Gasteiger partial charge in [0.15, 0.2) is 0 Å². The summed E-state index contributed by atoms with van der Waals surface area (Å²) in [5.41, 5.74) is 0. The van der Waals surface area contributed by atoms with E-state index in [0.29, 0.717) is 37.6 Å². The van der Waals surface area contributed by atoms with Crippen LogP contribution in [0.15, 0.2) is 29.2 Å². The molecular weight excluding hydrogens is 375 g/mol. The molecule has 136 valence electrons. The second kappa shape index (κ2) is 9.58. The van der Waals surface area contributed by atoms with Gasteiger partial charge in [-0.05, 0) is 37.6 Å². The maximum atomic E-state index is 12.6. The number of piperazine rings is 1. The van der Waals surface area contributed by atoms with Crippen molar-refractivity contribution in [2.24, 2.45) is 0 Å². The topological polar surface area (TPSA) is 77.9 Å². The number of carboxylic acids is 1. The van der Waals surface area contributed by atoms with E-state index in [9.17, 15) is 13.2 Å². The van der Waals surface area contributed by atoms with Crippen LogP contribution in [0, 0.1) is 0 Å². The van der Waals surface area contributed by atoms with Crippen molar-refractivity contribution in [2.75, 3.05) is 32.7 Å². The van der Waals surface area contributed by atoms with Crippen LogP contribution in [0.1, 0.15) is 19.3 Å². The van der Waals surface area contributed by atoms with E-state index in [1.54, 1.807) is 18.2 Å². The Labute approximate surface area is 153 Å². The number of hydrogen-bond acceptors (Lipinski definition) is 4. The molecule has 0 bridgehead atoms. The second-order valence-electron chi connectivity index (χ2n) is 5.55. The molecule has 1 aromatic carbocycles. The van der Waals surface area contributed by atoms with Gasteiger partial charge < -0.3 is 10.0 Å². The first-order valence-electron chi connectivity index (χ1n) is 7.59. The van der Waals surface area contributed by atoms with Crippen molar-refractivity contribution in [3.8, 4) is 0 Å². The Morgan fingerprint density at radius 2 is 1.83 bits per heavy atom. The number of halogens is 2. The van der Waals surface area contributed by atoms with Gasteiger partial charge in [0.05, 0.1) is 4.90 Å². The number of benzene rings is 1. The maximum absolute atomic E-state index is 12.6. The van der Waals surface area contributed by atoms with E-state index in [1.165, 1.54) is 10.4 Å². The third-order valence-electron chi connectivity index (χ3n) is 3.88. The molecule has 0 aliphatic carbocycles. The molecule has 0 saturated carbocycles. The van der Waals surface area contributed by atoms with E-state index >= 15 is 0 Å². The Morgan fingerprint density at radius 3 is 2.42 bits per heavy atom. The van der Waals surface area contributed by atoms with Gasteiger partial charge in [0, 0.05) is 37.6 Å². The van der Waals surface area contributed by atoms with Gasteiger partial charge in [-0.2, -0.15) is 4.31 Å². The zero-order chi connectivity index (χ0) is 16.9. The molecule has 1 aromatic rings. The molecule has 0 aromatic heterocycles. The Hall–Kier alpha value is -0.860. The fourth-order valence-electron chi connectivity index (χ4n) is 2.58. The molecule has 1 heterocycles. The summed E-state index contributed by atoms with van der Waals surface area (Å²) in [4.78, 5) is 12.9. The van der Waals surface area contributed by atoms with Gasteiger partial charge in [-0.25, -0.2) is 8.42 Å². The Kier molecular flexibility index (Phi) is 8.45. The molecule has 1 aliphatic rings. The second-order valence-corrected chi connectivity index (χ2v) is 7.93. The molecule has 0 spiro atoms. The number of unbranched alkanes of at least 4 members (excludes halogenated alkanes) is 1. The standard InChI is InChI=1S/C15H21ClN2O4S.ClH/c16-13-4-3-5-14(12-13)23(21,22)18-10-8-17(9-11-18)7-2-1-6-15(19)20;/h3-5,12H,1-2,6-11H2,(H,19,20);1H. The predicted molar refractivity (Wildman–Crippen MR) is 95.4 cm³/mol. The first-order valence-corrected chi connectivity index (χ1v) is 9.41. The third-order valence-corrected chi connectivity index (χ3v) is 6.01. The first kappa shape index (κ1) is 21.2. The zero-order valence-electron chi connectivity index (χ0n) is 13.2. The van der Waals surface area contributed by atoms with Crippen LogP contribution in [0.5, 0.6) is 0 Å². The number of sulfonamides is 1. The molecule has 0 atom stereocenters.